The molecule has 17 heavy (non-hydrogen) atoms. The van der Waals surface area contributed by atoms with Crippen molar-refractivity contribution in [1.29, 1.82) is 0 Å². The van der Waals surface area contributed by atoms with E-state index in [4.69, 9.17) is 0 Å². The van der Waals surface area contributed by atoms with E-state index in [9.17, 15) is 5.11 Å². The zero-order valence-electron chi connectivity index (χ0n) is 9.72. The lowest BCUT2D eigenvalue weighted by atomic mass is 9.90. The number of hydrogen-bond acceptors (Lipinski definition) is 4. The molecule has 1 saturated heterocycles. The van der Waals surface area contributed by atoms with Gasteiger partial charge in [0.1, 0.15) is 0 Å². The number of nitrogens with one attached hydrogen (secondary N) is 1. The number of fused-ring (bicyclic) bond motifs is 1. The summed E-state index contributed by atoms with van der Waals surface area (Å²) in [5, 5.41) is 15.9. The van der Waals surface area contributed by atoms with Crippen LogP contribution in [0, 0.1) is 0 Å². The van der Waals surface area contributed by atoms with Gasteiger partial charge in [-0.1, -0.05) is 0 Å². The van der Waals surface area contributed by atoms with Gasteiger partial charge in [0.05, 0.1) is 11.3 Å². The molecule has 0 saturated carbocycles. The van der Waals surface area contributed by atoms with Gasteiger partial charge < -0.3 is 10.4 Å². The fraction of sp³-hybridized carbons (Fsp3) is 0.583. The number of aromatic nitrogens is 2. The zero-order valence-corrected chi connectivity index (χ0v) is 10.5. The maximum Gasteiger partial charge on any atom is 0.193 e. The largest absolute Gasteiger partial charge is 0.389 e. The lowest BCUT2D eigenvalue weighted by Gasteiger charge is -2.25. The van der Waals surface area contributed by atoms with E-state index in [-0.39, 0.29) is 0 Å². The van der Waals surface area contributed by atoms with E-state index in [2.05, 4.69) is 10.3 Å². The molecular formula is C12H17N3OS. The topological polar surface area (TPSA) is 49.6 Å². The minimum Gasteiger partial charge on any atom is -0.389 e. The van der Waals surface area contributed by atoms with Crippen molar-refractivity contribution < 1.29 is 5.11 Å². The van der Waals surface area contributed by atoms with Gasteiger partial charge in [-0.2, -0.15) is 0 Å². The fourth-order valence-electron chi connectivity index (χ4n) is 2.49. The first-order valence-electron chi connectivity index (χ1n) is 6.09. The van der Waals surface area contributed by atoms with E-state index in [1.54, 1.807) is 11.3 Å². The van der Waals surface area contributed by atoms with Gasteiger partial charge in [0, 0.05) is 24.2 Å². The van der Waals surface area contributed by atoms with E-state index in [0.717, 1.165) is 43.0 Å². The molecule has 0 bridgehead atoms. The summed E-state index contributed by atoms with van der Waals surface area (Å²) in [7, 11) is 0. The van der Waals surface area contributed by atoms with Crippen molar-refractivity contribution in [2.24, 2.45) is 0 Å². The van der Waals surface area contributed by atoms with E-state index >= 15 is 0 Å². The van der Waals surface area contributed by atoms with Crippen LogP contribution in [0.3, 0.4) is 0 Å². The van der Waals surface area contributed by atoms with E-state index in [0.29, 0.717) is 6.42 Å². The van der Waals surface area contributed by atoms with Gasteiger partial charge in [0.25, 0.3) is 0 Å². The van der Waals surface area contributed by atoms with Gasteiger partial charge in [0.2, 0.25) is 0 Å². The number of hydrogen-bond donors (Lipinski definition) is 2. The minimum atomic E-state index is -0.576. The summed E-state index contributed by atoms with van der Waals surface area (Å²) in [4.78, 5) is 5.55. The summed E-state index contributed by atoms with van der Waals surface area (Å²) in [5.41, 5.74) is 0.425. The lowest BCUT2D eigenvalue weighted by molar-refractivity contribution is 0.0277. The zero-order chi connectivity index (χ0) is 11.7. The molecule has 0 spiro atoms. The average molecular weight is 251 g/mol. The monoisotopic (exact) mass is 251 g/mol. The molecule has 2 aromatic heterocycles. The minimum absolute atomic E-state index is 0.576. The maximum atomic E-state index is 10.6. The Labute approximate surface area is 104 Å². The van der Waals surface area contributed by atoms with Crippen LogP contribution < -0.4 is 5.32 Å². The molecule has 1 aliphatic heterocycles. The maximum absolute atomic E-state index is 10.6. The average Bonchev–Trinajstić information content (AvgIpc) is 2.76. The van der Waals surface area contributed by atoms with Crippen molar-refractivity contribution in [3.63, 3.8) is 0 Å². The molecule has 2 aromatic rings. The summed E-state index contributed by atoms with van der Waals surface area (Å²) >= 11 is 1.63. The molecule has 3 heterocycles. The van der Waals surface area contributed by atoms with Gasteiger partial charge in [0.15, 0.2) is 4.96 Å². The van der Waals surface area contributed by atoms with Gasteiger partial charge >= 0.3 is 0 Å². The number of rotatable bonds is 2. The third-order valence-corrected chi connectivity index (χ3v) is 4.19. The number of aliphatic hydroxyl groups is 1. The van der Waals surface area contributed by atoms with E-state index in [1.807, 2.05) is 22.2 Å². The molecule has 0 amide bonds. The molecule has 1 fully saturated rings. The van der Waals surface area contributed by atoms with Crippen LogP contribution in [-0.4, -0.2) is 33.2 Å². The molecule has 92 valence electrons. The van der Waals surface area contributed by atoms with Crippen LogP contribution in [0.1, 0.15) is 25.0 Å². The van der Waals surface area contributed by atoms with Crippen LogP contribution in [0.25, 0.3) is 4.96 Å². The van der Waals surface area contributed by atoms with Gasteiger partial charge in [-0.25, -0.2) is 4.98 Å². The molecular weight excluding hydrogens is 234 g/mol. The normalized spacial score (nSPS) is 26.2. The molecule has 0 aliphatic carbocycles. The Bertz CT molecular complexity index is 468. The van der Waals surface area contributed by atoms with Crippen molar-refractivity contribution in [2.45, 2.75) is 31.3 Å². The molecule has 0 aromatic carbocycles. The predicted octanol–water partition coefficient (Wildman–Crippen LogP) is 1.44. The number of thiazole rings is 1. The highest BCUT2D eigenvalue weighted by Crippen LogP contribution is 2.24. The van der Waals surface area contributed by atoms with Crippen LogP contribution >= 0.6 is 11.3 Å². The number of imidazole rings is 1. The Morgan fingerprint density at radius 1 is 1.47 bits per heavy atom. The van der Waals surface area contributed by atoms with Crippen LogP contribution in [0.15, 0.2) is 17.8 Å². The molecule has 0 radical (unpaired) electrons. The molecule has 5 heteroatoms. The Morgan fingerprint density at radius 3 is 3.29 bits per heavy atom. The number of nitrogens with zero attached hydrogens (tertiary/aromatic N) is 2. The predicted molar refractivity (Wildman–Crippen MR) is 68.4 cm³/mol. The van der Waals surface area contributed by atoms with Crippen molar-refractivity contribution in [3.8, 4) is 0 Å². The van der Waals surface area contributed by atoms with Crippen LogP contribution in [0.4, 0.5) is 0 Å². The van der Waals surface area contributed by atoms with Crippen molar-refractivity contribution in [2.75, 3.05) is 13.1 Å². The Hall–Kier alpha value is -0.910. The van der Waals surface area contributed by atoms with E-state index < -0.39 is 5.60 Å². The second-order valence-corrected chi connectivity index (χ2v) is 5.70. The molecule has 1 aliphatic rings. The molecule has 3 rings (SSSR count). The van der Waals surface area contributed by atoms with Gasteiger partial charge in [-0.3, -0.25) is 4.40 Å². The summed E-state index contributed by atoms with van der Waals surface area (Å²) in [5.74, 6) is 0. The third kappa shape index (κ3) is 2.36. The summed E-state index contributed by atoms with van der Waals surface area (Å²) in [6.07, 6.45) is 7.43. The highest BCUT2D eigenvalue weighted by atomic mass is 32.1. The molecule has 1 unspecified atom stereocenters. The Morgan fingerprint density at radius 2 is 2.41 bits per heavy atom. The van der Waals surface area contributed by atoms with Crippen LogP contribution in [0.5, 0.6) is 0 Å². The Kier molecular flexibility index (Phi) is 2.90. The molecule has 4 nitrogen and oxygen atoms in total. The van der Waals surface area contributed by atoms with Gasteiger partial charge in [-0.05, 0) is 32.4 Å². The highest BCUT2D eigenvalue weighted by Gasteiger charge is 2.29. The molecule has 2 N–H and O–H groups in total. The van der Waals surface area contributed by atoms with Crippen molar-refractivity contribution in [1.82, 2.24) is 14.7 Å². The standard InChI is InChI=1S/C12H17N3OS/c16-12(2-1-4-13-5-3-12)8-10-9-15-6-7-17-11(15)14-10/h6-7,9,13,16H,1-5,8H2. The SMILES string of the molecule is OC1(Cc2cn3ccsc3n2)CCCNCC1. The fourth-order valence-corrected chi connectivity index (χ4v) is 3.21. The first-order valence-corrected chi connectivity index (χ1v) is 6.97. The summed E-state index contributed by atoms with van der Waals surface area (Å²) in [6, 6.07) is 0. The Balaban J connectivity index is 1.78. The van der Waals surface area contributed by atoms with Crippen molar-refractivity contribution >= 4 is 16.3 Å². The first-order chi connectivity index (χ1) is 8.25. The summed E-state index contributed by atoms with van der Waals surface area (Å²) in [6.45, 7) is 1.92. The second-order valence-electron chi connectivity index (χ2n) is 4.83. The van der Waals surface area contributed by atoms with Crippen LogP contribution in [0.2, 0.25) is 0 Å². The molecule has 1 atom stereocenters. The third-order valence-electron chi connectivity index (χ3n) is 3.42. The lowest BCUT2D eigenvalue weighted by Crippen LogP contribution is -2.32. The van der Waals surface area contributed by atoms with Gasteiger partial charge in [-0.15, -0.1) is 11.3 Å². The quantitative estimate of drug-likeness (QED) is 0.849. The van der Waals surface area contributed by atoms with E-state index in [1.165, 1.54) is 0 Å². The first kappa shape index (κ1) is 11.2. The van der Waals surface area contributed by atoms with Crippen molar-refractivity contribution in [3.05, 3.63) is 23.5 Å². The highest BCUT2D eigenvalue weighted by molar-refractivity contribution is 7.15. The smallest absolute Gasteiger partial charge is 0.193 e. The second kappa shape index (κ2) is 4.40. The summed E-state index contributed by atoms with van der Waals surface area (Å²) < 4.78 is 2.03. The van der Waals surface area contributed by atoms with Crippen LogP contribution in [-0.2, 0) is 6.42 Å².